The lowest BCUT2D eigenvalue weighted by molar-refractivity contribution is -0.176. The Hall–Kier alpha value is -1.39. The van der Waals surface area contributed by atoms with Crippen LogP contribution in [0.4, 0.5) is 0 Å². The molecule has 26 heavy (non-hydrogen) atoms. The number of hydrogen-bond acceptors (Lipinski definition) is 3. The van der Waals surface area contributed by atoms with Gasteiger partial charge in [-0.25, -0.2) is 0 Å². The summed E-state index contributed by atoms with van der Waals surface area (Å²) in [6.45, 7) is 7.03. The Labute approximate surface area is 158 Å². The molecule has 0 N–H and O–H groups in total. The third kappa shape index (κ3) is 4.29. The summed E-state index contributed by atoms with van der Waals surface area (Å²) in [5.74, 6) is 0.306. The lowest BCUT2D eigenvalue weighted by Gasteiger charge is -2.50. The van der Waals surface area contributed by atoms with Crippen LogP contribution in [0.5, 0.6) is 0 Å². The lowest BCUT2D eigenvalue weighted by atomic mass is 9.79. The molecule has 2 fully saturated rings. The summed E-state index contributed by atoms with van der Waals surface area (Å²) in [5.41, 5.74) is 1.20. The molecular formula is C22H34N2O2. The van der Waals surface area contributed by atoms with Gasteiger partial charge in [-0.2, -0.15) is 0 Å². The Morgan fingerprint density at radius 3 is 2.54 bits per heavy atom. The molecule has 4 heteroatoms. The summed E-state index contributed by atoms with van der Waals surface area (Å²) < 4.78 is 6.75. The predicted octanol–water partition coefficient (Wildman–Crippen LogP) is 4.02. The van der Waals surface area contributed by atoms with Crippen LogP contribution >= 0.6 is 0 Å². The van der Waals surface area contributed by atoms with Crippen LogP contribution in [0.15, 0.2) is 30.3 Å². The predicted molar refractivity (Wildman–Crippen MR) is 105 cm³/mol. The van der Waals surface area contributed by atoms with Crippen LogP contribution in [0.3, 0.4) is 0 Å². The molecule has 3 rings (SSSR count). The second-order valence-electron chi connectivity index (χ2n) is 8.00. The highest BCUT2D eigenvalue weighted by Gasteiger charge is 2.45. The molecule has 2 atom stereocenters. The molecule has 2 saturated heterocycles. The SMILES string of the molecule is CCCC(=O)N1CCC2(CC1)C[C@@H](N(C)CC)C[C@@H](c1ccccc1)O2. The highest BCUT2D eigenvalue weighted by molar-refractivity contribution is 5.76. The number of hydrogen-bond donors (Lipinski definition) is 0. The fourth-order valence-corrected chi connectivity index (χ4v) is 4.48. The maximum atomic E-state index is 12.3. The topological polar surface area (TPSA) is 32.8 Å². The number of likely N-dealkylation sites (tertiary alicyclic amines) is 1. The minimum atomic E-state index is -0.0875. The van der Waals surface area contributed by atoms with E-state index in [9.17, 15) is 4.79 Å². The van der Waals surface area contributed by atoms with E-state index in [0.717, 1.165) is 51.7 Å². The number of nitrogens with zero attached hydrogens (tertiary/aromatic N) is 2. The van der Waals surface area contributed by atoms with Gasteiger partial charge < -0.3 is 14.5 Å². The van der Waals surface area contributed by atoms with E-state index in [-0.39, 0.29) is 11.7 Å². The summed E-state index contributed by atoms with van der Waals surface area (Å²) in [7, 11) is 2.23. The van der Waals surface area contributed by atoms with Gasteiger partial charge in [0, 0.05) is 25.6 Å². The largest absolute Gasteiger partial charge is 0.367 e. The molecule has 2 aliphatic heterocycles. The van der Waals surface area contributed by atoms with Crippen molar-refractivity contribution in [1.29, 1.82) is 0 Å². The Balaban J connectivity index is 1.74. The van der Waals surface area contributed by atoms with E-state index in [4.69, 9.17) is 4.74 Å². The quantitative estimate of drug-likeness (QED) is 0.797. The van der Waals surface area contributed by atoms with E-state index in [1.54, 1.807) is 0 Å². The highest BCUT2D eigenvalue weighted by Crippen LogP contribution is 2.44. The summed E-state index contributed by atoms with van der Waals surface area (Å²) in [5, 5.41) is 0. The van der Waals surface area contributed by atoms with Gasteiger partial charge >= 0.3 is 0 Å². The van der Waals surface area contributed by atoms with Crippen LogP contribution in [0.2, 0.25) is 0 Å². The molecule has 1 amide bonds. The molecule has 144 valence electrons. The first-order chi connectivity index (χ1) is 12.6. The second kappa shape index (κ2) is 8.53. The van der Waals surface area contributed by atoms with Crippen LogP contribution < -0.4 is 0 Å². The van der Waals surface area contributed by atoms with E-state index in [2.05, 4.69) is 56.1 Å². The summed E-state index contributed by atoms with van der Waals surface area (Å²) in [6.07, 6.45) is 5.80. The Morgan fingerprint density at radius 1 is 1.23 bits per heavy atom. The number of carbonyl (C=O) groups excluding carboxylic acids is 1. The van der Waals surface area contributed by atoms with Gasteiger partial charge in [0.2, 0.25) is 5.91 Å². The molecule has 0 aromatic heterocycles. The zero-order chi connectivity index (χ0) is 18.6. The maximum absolute atomic E-state index is 12.3. The first kappa shape index (κ1) is 19.4. The lowest BCUT2D eigenvalue weighted by Crippen LogP contribution is -2.54. The van der Waals surface area contributed by atoms with Crippen molar-refractivity contribution >= 4 is 5.91 Å². The molecule has 4 nitrogen and oxygen atoms in total. The van der Waals surface area contributed by atoms with Gasteiger partial charge in [0.05, 0.1) is 11.7 Å². The van der Waals surface area contributed by atoms with Gasteiger partial charge in [-0.3, -0.25) is 4.79 Å². The maximum Gasteiger partial charge on any atom is 0.222 e. The molecule has 1 spiro atoms. The van der Waals surface area contributed by atoms with E-state index in [1.807, 2.05) is 4.90 Å². The molecule has 0 aliphatic carbocycles. The summed E-state index contributed by atoms with van der Waals surface area (Å²) in [4.78, 5) is 16.8. The minimum Gasteiger partial charge on any atom is -0.367 e. The van der Waals surface area contributed by atoms with Crippen molar-refractivity contribution < 1.29 is 9.53 Å². The molecule has 0 unspecified atom stereocenters. The number of benzene rings is 1. The van der Waals surface area contributed by atoms with Crippen molar-refractivity contribution in [2.75, 3.05) is 26.7 Å². The second-order valence-corrected chi connectivity index (χ2v) is 8.00. The van der Waals surface area contributed by atoms with Gasteiger partial charge in [0.1, 0.15) is 0 Å². The van der Waals surface area contributed by atoms with Gasteiger partial charge in [-0.1, -0.05) is 44.2 Å². The summed E-state index contributed by atoms with van der Waals surface area (Å²) >= 11 is 0. The fourth-order valence-electron chi connectivity index (χ4n) is 4.48. The normalized spacial score (nSPS) is 25.6. The first-order valence-corrected chi connectivity index (χ1v) is 10.3. The number of piperidine rings is 1. The number of rotatable bonds is 5. The van der Waals surface area contributed by atoms with E-state index in [0.29, 0.717) is 18.4 Å². The fraction of sp³-hybridized carbons (Fsp3) is 0.682. The number of amides is 1. The van der Waals surface area contributed by atoms with E-state index >= 15 is 0 Å². The third-order valence-corrected chi connectivity index (χ3v) is 6.27. The van der Waals surface area contributed by atoms with Crippen molar-refractivity contribution in [3.63, 3.8) is 0 Å². The van der Waals surface area contributed by atoms with Crippen molar-refractivity contribution in [2.45, 2.75) is 70.1 Å². The zero-order valence-electron chi connectivity index (χ0n) is 16.6. The highest BCUT2D eigenvalue weighted by atomic mass is 16.5. The van der Waals surface area contributed by atoms with Crippen LogP contribution in [0, 0.1) is 0 Å². The van der Waals surface area contributed by atoms with Crippen LogP contribution in [0.1, 0.15) is 64.0 Å². The first-order valence-electron chi connectivity index (χ1n) is 10.3. The van der Waals surface area contributed by atoms with Crippen molar-refractivity contribution in [3.05, 3.63) is 35.9 Å². The Bertz CT molecular complexity index is 581. The Morgan fingerprint density at radius 2 is 1.92 bits per heavy atom. The molecule has 2 heterocycles. The van der Waals surface area contributed by atoms with E-state index < -0.39 is 0 Å². The van der Waals surface area contributed by atoms with Crippen LogP contribution in [-0.2, 0) is 9.53 Å². The standard InChI is InChI=1S/C22H34N2O2/c1-4-9-21(25)24-14-12-22(13-15-24)17-19(23(3)5-2)16-20(26-22)18-10-7-6-8-11-18/h6-8,10-11,19-20H,4-5,9,12-17H2,1-3H3/t19-,20-/m0/s1. The third-order valence-electron chi connectivity index (χ3n) is 6.27. The molecule has 0 saturated carbocycles. The Kier molecular flexibility index (Phi) is 6.36. The van der Waals surface area contributed by atoms with Crippen molar-refractivity contribution in [2.24, 2.45) is 0 Å². The molecular weight excluding hydrogens is 324 g/mol. The number of carbonyl (C=O) groups is 1. The average Bonchev–Trinajstić information content (AvgIpc) is 2.68. The van der Waals surface area contributed by atoms with Gasteiger partial charge in [0.25, 0.3) is 0 Å². The zero-order valence-corrected chi connectivity index (χ0v) is 16.6. The van der Waals surface area contributed by atoms with Gasteiger partial charge in [-0.05, 0) is 51.3 Å². The smallest absolute Gasteiger partial charge is 0.222 e. The van der Waals surface area contributed by atoms with Gasteiger partial charge in [0.15, 0.2) is 0 Å². The molecule has 1 aromatic carbocycles. The molecule has 1 aromatic rings. The molecule has 0 bridgehead atoms. The summed E-state index contributed by atoms with van der Waals surface area (Å²) in [6, 6.07) is 11.2. The van der Waals surface area contributed by atoms with Crippen molar-refractivity contribution in [1.82, 2.24) is 9.80 Å². The average molecular weight is 359 g/mol. The van der Waals surface area contributed by atoms with Crippen molar-refractivity contribution in [3.8, 4) is 0 Å². The van der Waals surface area contributed by atoms with E-state index in [1.165, 1.54) is 5.56 Å². The van der Waals surface area contributed by atoms with Crippen LogP contribution in [0.25, 0.3) is 0 Å². The van der Waals surface area contributed by atoms with Crippen LogP contribution in [-0.4, -0.2) is 54.0 Å². The number of ether oxygens (including phenoxy) is 1. The minimum absolute atomic E-state index is 0.0875. The monoisotopic (exact) mass is 358 g/mol. The van der Waals surface area contributed by atoms with Gasteiger partial charge in [-0.15, -0.1) is 0 Å². The molecule has 2 aliphatic rings. The molecule has 0 radical (unpaired) electrons.